The second-order valence-corrected chi connectivity index (χ2v) is 5.64. The van der Waals surface area contributed by atoms with Gasteiger partial charge in [0.05, 0.1) is 0 Å². The topological polar surface area (TPSA) is 12.0 Å². The summed E-state index contributed by atoms with van der Waals surface area (Å²) in [5.74, 6) is 1.94. The molecule has 0 amide bonds. The maximum atomic E-state index is 3.40. The van der Waals surface area contributed by atoms with E-state index in [0.717, 1.165) is 11.8 Å². The molecule has 3 atom stereocenters. The first-order chi connectivity index (χ1) is 7.18. The van der Waals surface area contributed by atoms with E-state index < -0.39 is 0 Å². The van der Waals surface area contributed by atoms with Crippen LogP contribution in [0.1, 0.15) is 59.3 Å². The van der Waals surface area contributed by atoms with E-state index in [1.54, 1.807) is 0 Å². The van der Waals surface area contributed by atoms with Crippen LogP contribution >= 0.6 is 0 Å². The van der Waals surface area contributed by atoms with E-state index in [9.17, 15) is 0 Å². The molecule has 1 heteroatoms. The van der Waals surface area contributed by atoms with Crippen LogP contribution in [0.15, 0.2) is 0 Å². The van der Waals surface area contributed by atoms with Crippen LogP contribution in [0.3, 0.4) is 0 Å². The molecular weight excluding hydrogens is 182 g/mol. The summed E-state index contributed by atoms with van der Waals surface area (Å²) >= 11 is 0. The number of hydrogen-bond acceptors (Lipinski definition) is 1. The third kappa shape index (κ3) is 2.96. The van der Waals surface area contributed by atoms with E-state index in [1.807, 2.05) is 0 Å². The molecule has 0 aromatic heterocycles. The second-order valence-electron chi connectivity index (χ2n) is 5.64. The first-order valence-electron chi connectivity index (χ1n) is 6.82. The normalized spacial score (nSPS) is 36.8. The molecule has 1 rings (SSSR count). The molecular formula is C14H29N. The Morgan fingerprint density at radius 1 is 1.33 bits per heavy atom. The fourth-order valence-corrected chi connectivity index (χ4v) is 3.89. The Balaban J connectivity index is 2.69. The molecule has 0 aliphatic heterocycles. The molecule has 0 bridgehead atoms. The van der Waals surface area contributed by atoms with E-state index in [4.69, 9.17) is 0 Å². The summed E-state index contributed by atoms with van der Waals surface area (Å²) < 4.78 is 0. The molecule has 1 N–H and O–H groups in total. The van der Waals surface area contributed by atoms with Crippen molar-refractivity contribution in [3.05, 3.63) is 0 Å². The van der Waals surface area contributed by atoms with Crippen molar-refractivity contribution in [1.29, 1.82) is 0 Å². The first-order valence-corrected chi connectivity index (χ1v) is 6.82. The van der Waals surface area contributed by atoms with E-state index in [-0.39, 0.29) is 0 Å². The molecule has 0 saturated heterocycles. The van der Waals surface area contributed by atoms with Crippen molar-refractivity contribution in [2.45, 2.75) is 59.3 Å². The molecule has 1 nitrogen and oxygen atoms in total. The van der Waals surface area contributed by atoms with Gasteiger partial charge in [0.2, 0.25) is 0 Å². The van der Waals surface area contributed by atoms with Gasteiger partial charge in [0.15, 0.2) is 0 Å². The van der Waals surface area contributed by atoms with Crippen LogP contribution in [0, 0.1) is 17.3 Å². The molecule has 0 heterocycles. The Kier molecular flexibility index (Phi) is 5.11. The Hall–Kier alpha value is -0.0400. The van der Waals surface area contributed by atoms with Crippen molar-refractivity contribution >= 4 is 0 Å². The van der Waals surface area contributed by atoms with Crippen LogP contribution in [-0.4, -0.2) is 13.6 Å². The summed E-state index contributed by atoms with van der Waals surface area (Å²) in [5, 5.41) is 3.40. The smallest absolute Gasteiger partial charge is 0.000491 e. The van der Waals surface area contributed by atoms with Gasteiger partial charge in [-0.25, -0.2) is 0 Å². The van der Waals surface area contributed by atoms with Gasteiger partial charge in [-0.1, -0.05) is 52.9 Å². The maximum Gasteiger partial charge on any atom is 0.000491 e. The summed E-state index contributed by atoms with van der Waals surface area (Å²) in [6.45, 7) is 8.41. The molecule has 0 aromatic rings. The molecule has 15 heavy (non-hydrogen) atoms. The number of rotatable bonds is 5. The average Bonchev–Trinajstić information content (AvgIpc) is 2.18. The van der Waals surface area contributed by atoms with Gasteiger partial charge in [0.25, 0.3) is 0 Å². The molecule has 1 fully saturated rings. The van der Waals surface area contributed by atoms with E-state index in [2.05, 4.69) is 33.1 Å². The third-order valence-corrected chi connectivity index (χ3v) is 4.47. The van der Waals surface area contributed by atoms with E-state index in [0.29, 0.717) is 5.41 Å². The van der Waals surface area contributed by atoms with Crippen molar-refractivity contribution in [2.75, 3.05) is 13.6 Å². The highest BCUT2D eigenvalue weighted by atomic mass is 14.8. The van der Waals surface area contributed by atoms with Gasteiger partial charge in [-0.15, -0.1) is 0 Å². The van der Waals surface area contributed by atoms with Crippen LogP contribution in [0.25, 0.3) is 0 Å². The standard InChI is InChI=1S/C14H29N/c1-5-8-12-9-7-10-14(3,11-15-4)13(12)6-2/h12-13,15H,5-11H2,1-4H3/t12-,13?,14?/m0/s1. The first kappa shape index (κ1) is 13.0. The molecule has 1 saturated carbocycles. The second kappa shape index (κ2) is 5.89. The maximum absolute atomic E-state index is 3.40. The summed E-state index contributed by atoms with van der Waals surface area (Å²) in [7, 11) is 2.10. The summed E-state index contributed by atoms with van der Waals surface area (Å²) in [6, 6.07) is 0. The lowest BCUT2D eigenvalue weighted by Gasteiger charge is -2.46. The minimum Gasteiger partial charge on any atom is -0.319 e. The fraction of sp³-hybridized carbons (Fsp3) is 1.00. The molecule has 0 radical (unpaired) electrons. The van der Waals surface area contributed by atoms with Crippen molar-refractivity contribution in [1.82, 2.24) is 5.32 Å². The zero-order valence-electron chi connectivity index (χ0n) is 11.1. The average molecular weight is 211 g/mol. The van der Waals surface area contributed by atoms with Gasteiger partial charge in [-0.2, -0.15) is 0 Å². The van der Waals surface area contributed by atoms with Gasteiger partial charge < -0.3 is 5.32 Å². The van der Waals surface area contributed by atoms with Gasteiger partial charge in [-0.05, 0) is 30.7 Å². The van der Waals surface area contributed by atoms with Gasteiger partial charge in [-0.3, -0.25) is 0 Å². The van der Waals surface area contributed by atoms with Crippen molar-refractivity contribution in [3.8, 4) is 0 Å². The third-order valence-electron chi connectivity index (χ3n) is 4.47. The molecule has 2 unspecified atom stereocenters. The van der Waals surface area contributed by atoms with Crippen LogP contribution in [0.2, 0.25) is 0 Å². The van der Waals surface area contributed by atoms with Crippen LogP contribution < -0.4 is 5.32 Å². The van der Waals surface area contributed by atoms with E-state index in [1.165, 1.54) is 45.1 Å². The lowest BCUT2D eigenvalue weighted by Crippen LogP contribution is -2.43. The van der Waals surface area contributed by atoms with Gasteiger partial charge in [0.1, 0.15) is 0 Å². The summed E-state index contributed by atoms with van der Waals surface area (Å²) in [6.07, 6.45) is 8.51. The molecule has 1 aliphatic carbocycles. The number of nitrogens with one attached hydrogen (secondary N) is 1. The summed E-state index contributed by atoms with van der Waals surface area (Å²) in [5.41, 5.74) is 0.557. The molecule has 0 spiro atoms. The fourth-order valence-electron chi connectivity index (χ4n) is 3.89. The molecule has 0 aromatic carbocycles. The quantitative estimate of drug-likeness (QED) is 0.728. The van der Waals surface area contributed by atoms with E-state index >= 15 is 0 Å². The Morgan fingerprint density at radius 3 is 2.60 bits per heavy atom. The zero-order valence-corrected chi connectivity index (χ0v) is 11.1. The Morgan fingerprint density at radius 2 is 2.07 bits per heavy atom. The molecule has 90 valence electrons. The monoisotopic (exact) mass is 211 g/mol. The highest BCUT2D eigenvalue weighted by Crippen LogP contribution is 2.47. The minimum absolute atomic E-state index is 0.557. The SMILES string of the molecule is CCC[C@H]1CCCC(C)(CNC)C1CC. The number of hydrogen-bond donors (Lipinski definition) is 1. The Labute approximate surface area is 96.0 Å². The lowest BCUT2D eigenvalue weighted by molar-refractivity contribution is 0.0505. The van der Waals surface area contributed by atoms with Crippen molar-refractivity contribution in [3.63, 3.8) is 0 Å². The van der Waals surface area contributed by atoms with Crippen molar-refractivity contribution < 1.29 is 0 Å². The Bertz CT molecular complexity index is 172. The van der Waals surface area contributed by atoms with Crippen LogP contribution in [-0.2, 0) is 0 Å². The lowest BCUT2D eigenvalue weighted by atomic mass is 9.60. The highest BCUT2D eigenvalue weighted by Gasteiger charge is 2.39. The van der Waals surface area contributed by atoms with Crippen molar-refractivity contribution in [2.24, 2.45) is 17.3 Å². The van der Waals surface area contributed by atoms with Gasteiger partial charge in [0, 0.05) is 6.54 Å². The predicted octanol–water partition coefficient (Wildman–Crippen LogP) is 3.84. The van der Waals surface area contributed by atoms with Crippen LogP contribution in [0.5, 0.6) is 0 Å². The largest absolute Gasteiger partial charge is 0.319 e. The minimum atomic E-state index is 0.557. The predicted molar refractivity (Wildman–Crippen MR) is 68.1 cm³/mol. The zero-order chi connectivity index (χ0) is 11.3. The summed E-state index contributed by atoms with van der Waals surface area (Å²) in [4.78, 5) is 0. The van der Waals surface area contributed by atoms with Gasteiger partial charge >= 0.3 is 0 Å². The van der Waals surface area contributed by atoms with Crippen LogP contribution in [0.4, 0.5) is 0 Å². The molecule has 1 aliphatic rings. The highest BCUT2D eigenvalue weighted by molar-refractivity contribution is 4.91.